The van der Waals surface area contributed by atoms with Crippen molar-refractivity contribution in [2.24, 2.45) is 0 Å². The van der Waals surface area contributed by atoms with Crippen LogP contribution in [-0.2, 0) is 9.84 Å². The molecule has 0 radical (unpaired) electrons. The molecule has 0 aliphatic rings. The number of alkyl halides is 1. The van der Waals surface area contributed by atoms with Crippen LogP contribution in [0.25, 0.3) is 0 Å². The van der Waals surface area contributed by atoms with E-state index in [4.69, 9.17) is 17.3 Å². The lowest BCUT2D eigenvalue weighted by Gasteiger charge is -2.30. The molecule has 0 saturated heterocycles. The molecule has 1 aromatic carbocycles. The van der Waals surface area contributed by atoms with Crippen molar-refractivity contribution >= 4 is 27.1 Å². The third-order valence-corrected chi connectivity index (χ3v) is 6.52. The fourth-order valence-electron chi connectivity index (χ4n) is 1.75. The standard InChI is InChI=1S/C12H18ClNO3S/c1-3-12(13,18(16,17)4-2)11(15)9-5-7-10(14)8-6-9/h5-8,11,15H,3-4,14H2,1-2H3/t11-,12+/m1/s1. The lowest BCUT2D eigenvalue weighted by Crippen LogP contribution is -2.39. The first-order chi connectivity index (χ1) is 8.28. The number of nitrogen functional groups attached to an aromatic ring is 1. The molecule has 0 spiro atoms. The molecule has 0 fully saturated rings. The number of nitrogens with two attached hydrogens (primary N) is 1. The van der Waals surface area contributed by atoms with Crippen LogP contribution in [0, 0.1) is 0 Å². The van der Waals surface area contributed by atoms with Crippen LogP contribution in [0.4, 0.5) is 5.69 Å². The molecule has 1 aromatic rings. The van der Waals surface area contributed by atoms with Gasteiger partial charge in [0.1, 0.15) is 6.10 Å². The van der Waals surface area contributed by atoms with Gasteiger partial charge in [-0.25, -0.2) is 8.42 Å². The Labute approximate surface area is 113 Å². The van der Waals surface area contributed by atoms with Gasteiger partial charge in [0.15, 0.2) is 14.0 Å². The van der Waals surface area contributed by atoms with Crippen molar-refractivity contribution in [3.8, 4) is 0 Å². The average molecular weight is 292 g/mol. The molecule has 2 atom stereocenters. The van der Waals surface area contributed by atoms with E-state index in [9.17, 15) is 13.5 Å². The lowest BCUT2D eigenvalue weighted by atomic mass is 10.0. The van der Waals surface area contributed by atoms with E-state index in [0.29, 0.717) is 11.3 Å². The van der Waals surface area contributed by atoms with Crippen molar-refractivity contribution in [3.63, 3.8) is 0 Å². The summed E-state index contributed by atoms with van der Waals surface area (Å²) in [5, 5.41) is 10.2. The molecule has 1 rings (SSSR count). The highest BCUT2D eigenvalue weighted by Gasteiger charge is 2.46. The summed E-state index contributed by atoms with van der Waals surface area (Å²) < 4.78 is 22.3. The minimum absolute atomic E-state index is 0.115. The normalized spacial score (nSPS) is 17.1. The number of rotatable bonds is 5. The number of aliphatic hydroxyl groups excluding tert-OH is 1. The van der Waals surface area contributed by atoms with E-state index >= 15 is 0 Å². The largest absolute Gasteiger partial charge is 0.399 e. The quantitative estimate of drug-likeness (QED) is 0.643. The van der Waals surface area contributed by atoms with Crippen molar-refractivity contribution in [2.45, 2.75) is 30.6 Å². The number of aliphatic hydroxyl groups is 1. The smallest absolute Gasteiger partial charge is 0.175 e. The fraction of sp³-hybridized carbons (Fsp3) is 0.500. The summed E-state index contributed by atoms with van der Waals surface area (Å²) in [6.45, 7) is 3.15. The Balaban J connectivity index is 3.21. The molecule has 0 unspecified atom stereocenters. The van der Waals surface area contributed by atoms with Crippen molar-refractivity contribution in [1.29, 1.82) is 0 Å². The zero-order chi connectivity index (χ0) is 14.0. The Morgan fingerprint density at radius 1 is 1.33 bits per heavy atom. The highest BCUT2D eigenvalue weighted by atomic mass is 35.5. The number of hydrogen-bond acceptors (Lipinski definition) is 4. The zero-order valence-corrected chi connectivity index (χ0v) is 12.0. The first kappa shape index (κ1) is 15.3. The Morgan fingerprint density at radius 2 is 1.83 bits per heavy atom. The molecule has 0 bridgehead atoms. The van der Waals surface area contributed by atoms with Gasteiger partial charge in [0.2, 0.25) is 0 Å². The first-order valence-electron chi connectivity index (χ1n) is 5.73. The fourth-order valence-corrected chi connectivity index (χ4v) is 3.60. The molecule has 0 amide bonds. The van der Waals surface area contributed by atoms with Gasteiger partial charge in [-0.3, -0.25) is 0 Å². The van der Waals surface area contributed by atoms with Gasteiger partial charge in [-0.15, -0.1) is 0 Å². The van der Waals surface area contributed by atoms with E-state index in [-0.39, 0.29) is 12.2 Å². The monoisotopic (exact) mass is 291 g/mol. The predicted molar refractivity (Wildman–Crippen MR) is 74.2 cm³/mol. The van der Waals surface area contributed by atoms with Crippen molar-refractivity contribution < 1.29 is 13.5 Å². The van der Waals surface area contributed by atoms with Crippen LogP contribution in [0.1, 0.15) is 31.9 Å². The molecular formula is C12H18ClNO3S. The molecule has 0 aliphatic carbocycles. The van der Waals surface area contributed by atoms with Gasteiger partial charge in [-0.05, 0) is 24.1 Å². The Hall–Kier alpha value is -0.780. The minimum atomic E-state index is -3.58. The summed E-state index contributed by atoms with van der Waals surface area (Å²) in [5.74, 6) is -0.115. The third kappa shape index (κ3) is 2.63. The summed E-state index contributed by atoms with van der Waals surface area (Å²) in [4.78, 5) is 0. The van der Waals surface area contributed by atoms with Gasteiger partial charge in [0.05, 0.1) is 0 Å². The van der Waals surface area contributed by atoms with Gasteiger partial charge < -0.3 is 10.8 Å². The van der Waals surface area contributed by atoms with E-state index in [0.717, 1.165) is 0 Å². The number of benzene rings is 1. The Bertz CT molecular complexity index is 501. The van der Waals surface area contributed by atoms with Gasteiger partial charge in [-0.1, -0.05) is 37.6 Å². The Morgan fingerprint density at radius 3 is 2.22 bits per heavy atom. The molecule has 102 valence electrons. The van der Waals surface area contributed by atoms with Crippen LogP contribution >= 0.6 is 11.6 Å². The highest BCUT2D eigenvalue weighted by Crippen LogP contribution is 2.40. The van der Waals surface area contributed by atoms with Crippen LogP contribution in [0.2, 0.25) is 0 Å². The second kappa shape index (κ2) is 5.47. The SMILES string of the molecule is CC[C@@](Cl)([C@H](O)c1ccc(N)cc1)S(=O)(=O)CC. The topological polar surface area (TPSA) is 80.4 Å². The predicted octanol–water partition coefficient (Wildman–Crippen LogP) is 2.08. The molecule has 6 heteroatoms. The lowest BCUT2D eigenvalue weighted by molar-refractivity contribution is 0.154. The van der Waals surface area contributed by atoms with E-state index in [1.165, 1.54) is 6.92 Å². The maximum atomic E-state index is 12.0. The molecule has 0 aliphatic heterocycles. The van der Waals surface area contributed by atoms with Crippen LogP contribution < -0.4 is 5.73 Å². The van der Waals surface area contributed by atoms with E-state index in [1.54, 1.807) is 31.2 Å². The molecular weight excluding hydrogens is 274 g/mol. The molecule has 18 heavy (non-hydrogen) atoms. The Kier molecular flexibility index (Phi) is 4.64. The van der Waals surface area contributed by atoms with Gasteiger partial charge in [0.25, 0.3) is 0 Å². The number of sulfone groups is 1. The summed E-state index contributed by atoms with van der Waals surface area (Å²) in [7, 11) is -3.58. The van der Waals surface area contributed by atoms with Crippen molar-refractivity contribution in [1.82, 2.24) is 0 Å². The zero-order valence-electron chi connectivity index (χ0n) is 10.4. The average Bonchev–Trinajstić information content (AvgIpc) is 2.37. The van der Waals surface area contributed by atoms with Crippen molar-refractivity contribution in [2.75, 3.05) is 11.5 Å². The maximum Gasteiger partial charge on any atom is 0.175 e. The highest BCUT2D eigenvalue weighted by molar-refractivity contribution is 7.94. The summed E-state index contributed by atoms with van der Waals surface area (Å²) in [6.07, 6.45) is -1.16. The second-order valence-electron chi connectivity index (χ2n) is 4.11. The second-order valence-corrected chi connectivity index (χ2v) is 7.55. The summed E-state index contributed by atoms with van der Waals surface area (Å²) in [6, 6.07) is 6.37. The van der Waals surface area contributed by atoms with Crippen molar-refractivity contribution in [3.05, 3.63) is 29.8 Å². The molecule has 0 aromatic heterocycles. The molecule has 0 saturated carbocycles. The van der Waals surface area contributed by atoms with E-state index in [1.807, 2.05) is 0 Å². The number of anilines is 1. The third-order valence-electron chi connectivity index (χ3n) is 3.04. The molecule has 4 nitrogen and oxygen atoms in total. The van der Waals surface area contributed by atoms with Gasteiger partial charge in [-0.2, -0.15) is 0 Å². The number of halogens is 1. The summed E-state index contributed by atoms with van der Waals surface area (Å²) in [5.41, 5.74) is 6.53. The van der Waals surface area contributed by atoms with Crippen LogP contribution in [-0.4, -0.2) is 23.5 Å². The first-order valence-corrected chi connectivity index (χ1v) is 7.76. The number of hydrogen-bond donors (Lipinski definition) is 2. The van der Waals surface area contributed by atoms with Crippen LogP contribution in [0.5, 0.6) is 0 Å². The van der Waals surface area contributed by atoms with E-state index in [2.05, 4.69) is 0 Å². The summed E-state index contributed by atoms with van der Waals surface area (Å²) >= 11 is 6.17. The maximum absolute atomic E-state index is 12.0. The van der Waals surface area contributed by atoms with E-state index < -0.39 is 20.1 Å². The van der Waals surface area contributed by atoms with Crippen LogP contribution in [0.3, 0.4) is 0 Å². The molecule has 0 heterocycles. The minimum Gasteiger partial charge on any atom is -0.399 e. The van der Waals surface area contributed by atoms with Gasteiger partial charge >= 0.3 is 0 Å². The molecule has 3 N–H and O–H groups in total. The van der Waals surface area contributed by atoms with Gasteiger partial charge in [0, 0.05) is 11.4 Å². The van der Waals surface area contributed by atoms with Crippen LogP contribution in [0.15, 0.2) is 24.3 Å².